The molecule has 3 saturated carbocycles. The van der Waals surface area contributed by atoms with E-state index in [1.807, 2.05) is 0 Å². The molecular formula is C27H37N3O6. The average Bonchev–Trinajstić information content (AvgIpc) is 3.09. The number of primary amides is 1. The summed E-state index contributed by atoms with van der Waals surface area (Å²) in [6.45, 7) is 4.10. The molecule has 3 fully saturated rings. The Kier molecular flexibility index (Phi) is 6.95. The normalized spacial score (nSPS) is 39.0. The number of carbonyl (C=O) groups is 3. The minimum Gasteiger partial charge on any atom is -0.480 e. The van der Waals surface area contributed by atoms with E-state index >= 15 is 0 Å². The van der Waals surface area contributed by atoms with Crippen molar-refractivity contribution < 1.29 is 29.4 Å². The second-order valence-electron chi connectivity index (χ2n) is 11.5. The first-order valence-electron chi connectivity index (χ1n) is 12.8. The van der Waals surface area contributed by atoms with E-state index in [1.165, 1.54) is 5.57 Å². The predicted octanol–water partition coefficient (Wildman–Crippen LogP) is 2.13. The second-order valence-corrected chi connectivity index (χ2v) is 11.5. The molecule has 9 nitrogen and oxygen atoms in total. The molecule has 196 valence electrons. The number of hydrogen-bond acceptors (Lipinski definition) is 6. The average molecular weight is 500 g/mol. The van der Waals surface area contributed by atoms with Crippen molar-refractivity contribution in [3.05, 3.63) is 11.6 Å². The van der Waals surface area contributed by atoms with E-state index < -0.39 is 42.5 Å². The molecule has 0 bridgehead atoms. The Balaban J connectivity index is 1.40. The van der Waals surface area contributed by atoms with Gasteiger partial charge < -0.3 is 26.1 Å². The van der Waals surface area contributed by atoms with Crippen LogP contribution in [0.25, 0.3) is 0 Å². The van der Waals surface area contributed by atoms with Crippen LogP contribution in [-0.4, -0.2) is 52.0 Å². The summed E-state index contributed by atoms with van der Waals surface area (Å²) in [5.41, 5.74) is 6.01. The third-order valence-electron chi connectivity index (χ3n) is 9.78. The Morgan fingerprint density at radius 2 is 1.94 bits per heavy atom. The Bertz CT molecular complexity index is 1050. The first-order chi connectivity index (χ1) is 16.9. The topological polar surface area (TPSA) is 151 Å². The largest absolute Gasteiger partial charge is 0.480 e. The van der Waals surface area contributed by atoms with Crippen LogP contribution in [-0.2, 0) is 19.2 Å². The Morgan fingerprint density at radius 1 is 1.22 bits per heavy atom. The lowest BCUT2D eigenvalue weighted by atomic mass is 9.46. The fraction of sp³-hybridized carbons (Fsp3) is 0.704. The number of carboxylic acids is 1. The van der Waals surface area contributed by atoms with Gasteiger partial charge in [-0.3, -0.25) is 9.59 Å². The van der Waals surface area contributed by atoms with Crippen LogP contribution in [0, 0.1) is 40.9 Å². The highest BCUT2D eigenvalue weighted by molar-refractivity contribution is 5.96. The third-order valence-corrected chi connectivity index (χ3v) is 9.78. The number of carbonyl (C=O) groups excluding carboxylic acids is 2. The standard InChI is InChI=1S/C27H37N3O6/c1-4-27(35)12-9-20-18-6-5-16-13-17(7-10-25(16,2)19(18)8-11-26(20,27)3)30-36-15-23(32)29-21(24(33)34)14-22(28)31/h1,13,18-21,35H,5-12,14-15H2,2-3H3,(H2,28,31)(H,29,32)(H,33,34)/t18?,19?,20?,21?,25-,26-,27+/m0/s1. The number of terminal acetylenes is 1. The number of allylic oxidation sites excluding steroid dienone is 2. The quantitative estimate of drug-likeness (QED) is 0.311. The molecule has 0 aromatic carbocycles. The zero-order valence-corrected chi connectivity index (χ0v) is 21.1. The molecule has 0 spiro atoms. The van der Waals surface area contributed by atoms with Crippen LogP contribution in [0.5, 0.6) is 0 Å². The highest BCUT2D eigenvalue weighted by Gasteiger charge is 2.63. The van der Waals surface area contributed by atoms with Gasteiger partial charge in [-0.05, 0) is 80.6 Å². The predicted molar refractivity (Wildman–Crippen MR) is 132 cm³/mol. The second kappa shape index (κ2) is 9.55. The number of rotatable bonds is 7. The number of nitrogens with one attached hydrogen (secondary N) is 1. The lowest BCUT2D eigenvalue weighted by Crippen LogP contribution is -2.54. The van der Waals surface area contributed by atoms with Crippen molar-refractivity contribution >= 4 is 23.5 Å². The molecule has 4 unspecified atom stereocenters. The molecule has 36 heavy (non-hydrogen) atoms. The monoisotopic (exact) mass is 499 g/mol. The van der Waals surface area contributed by atoms with Gasteiger partial charge in [0.25, 0.3) is 5.91 Å². The van der Waals surface area contributed by atoms with Crippen molar-refractivity contribution in [3.8, 4) is 12.3 Å². The fourth-order valence-electron chi connectivity index (χ4n) is 7.71. The molecule has 4 aliphatic rings. The molecule has 9 heteroatoms. The third kappa shape index (κ3) is 4.40. The number of fused-ring (bicyclic) bond motifs is 5. The number of carboxylic acid groups (broad SMARTS) is 1. The first kappa shape index (κ1) is 26.2. The Morgan fingerprint density at radius 3 is 2.61 bits per heavy atom. The van der Waals surface area contributed by atoms with Crippen LogP contribution in [0.15, 0.2) is 16.8 Å². The SMILES string of the molecule is C#C[C@@]1(O)CCC2C3CCC4=CC(=NOCC(=O)NC(CC(N)=O)C(=O)O)CC[C@]4(C)C3CC[C@@]21C. The molecule has 0 aromatic rings. The highest BCUT2D eigenvalue weighted by Crippen LogP contribution is 2.67. The van der Waals surface area contributed by atoms with Gasteiger partial charge in [-0.15, -0.1) is 6.42 Å². The van der Waals surface area contributed by atoms with Gasteiger partial charge in [-0.1, -0.05) is 30.5 Å². The van der Waals surface area contributed by atoms with Crippen LogP contribution < -0.4 is 11.1 Å². The molecule has 5 N–H and O–H groups in total. The summed E-state index contributed by atoms with van der Waals surface area (Å²) >= 11 is 0. The number of oxime groups is 1. The maximum atomic E-state index is 12.0. The lowest BCUT2D eigenvalue weighted by molar-refractivity contribution is -0.144. The smallest absolute Gasteiger partial charge is 0.326 e. The van der Waals surface area contributed by atoms with E-state index in [4.69, 9.17) is 22.1 Å². The van der Waals surface area contributed by atoms with Crippen molar-refractivity contribution in [2.45, 2.75) is 83.3 Å². The van der Waals surface area contributed by atoms with E-state index in [2.05, 4.69) is 36.3 Å². The highest BCUT2D eigenvalue weighted by atomic mass is 16.6. The summed E-state index contributed by atoms with van der Waals surface area (Å²) in [4.78, 5) is 39.4. The molecule has 7 atom stereocenters. The number of nitrogens with two attached hydrogens (primary N) is 1. The van der Waals surface area contributed by atoms with E-state index in [-0.39, 0.29) is 10.8 Å². The number of aliphatic hydroxyl groups is 1. The van der Waals surface area contributed by atoms with E-state index in [1.54, 1.807) is 0 Å². The van der Waals surface area contributed by atoms with Crippen molar-refractivity contribution in [2.75, 3.05) is 6.61 Å². The lowest BCUT2D eigenvalue weighted by Gasteiger charge is -2.58. The number of nitrogens with zero attached hydrogens (tertiary/aromatic N) is 1. The molecule has 0 heterocycles. The molecule has 4 rings (SSSR count). The molecule has 2 amide bonds. The molecule has 0 aliphatic heterocycles. The zero-order valence-electron chi connectivity index (χ0n) is 21.1. The number of hydrogen-bond donors (Lipinski definition) is 4. The van der Waals surface area contributed by atoms with Gasteiger partial charge in [-0.25, -0.2) is 4.79 Å². The number of aliphatic carboxylic acids is 1. The fourth-order valence-corrected chi connectivity index (χ4v) is 7.71. The van der Waals surface area contributed by atoms with Crippen LogP contribution >= 0.6 is 0 Å². The summed E-state index contributed by atoms with van der Waals surface area (Å²) in [7, 11) is 0. The van der Waals surface area contributed by atoms with Crippen LogP contribution in [0.2, 0.25) is 0 Å². The summed E-state index contributed by atoms with van der Waals surface area (Å²) in [5.74, 6) is 1.42. The van der Waals surface area contributed by atoms with E-state index in [0.29, 0.717) is 24.2 Å². The molecule has 0 saturated heterocycles. The maximum Gasteiger partial charge on any atom is 0.326 e. The molecule has 0 aromatic heterocycles. The number of amides is 2. The molecular weight excluding hydrogens is 462 g/mol. The summed E-state index contributed by atoms with van der Waals surface area (Å²) < 4.78 is 0. The van der Waals surface area contributed by atoms with Gasteiger partial charge in [0, 0.05) is 5.41 Å². The van der Waals surface area contributed by atoms with Crippen molar-refractivity contribution in [1.29, 1.82) is 0 Å². The van der Waals surface area contributed by atoms with Gasteiger partial charge >= 0.3 is 5.97 Å². The minimum absolute atomic E-state index is 0.0704. The van der Waals surface area contributed by atoms with E-state index in [0.717, 1.165) is 50.7 Å². The van der Waals surface area contributed by atoms with Gasteiger partial charge in [-0.2, -0.15) is 0 Å². The Labute approximate surface area is 211 Å². The molecule has 0 radical (unpaired) electrons. The summed E-state index contributed by atoms with van der Waals surface area (Å²) in [6, 6.07) is -1.40. The zero-order chi connectivity index (χ0) is 26.3. The van der Waals surface area contributed by atoms with Crippen LogP contribution in [0.1, 0.15) is 71.6 Å². The van der Waals surface area contributed by atoms with Gasteiger partial charge in [0.2, 0.25) is 5.91 Å². The first-order valence-corrected chi connectivity index (χ1v) is 12.8. The van der Waals surface area contributed by atoms with E-state index in [9.17, 15) is 19.5 Å². The van der Waals surface area contributed by atoms with Crippen LogP contribution in [0.4, 0.5) is 0 Å². The Hall–Kier alpha value is -2.86. The van der Waals surface area contributed by atoms with Crippen molar-refractivity contribution in [3.63, 3.8) is 0 Å². The minimum atomic E-state index is -1.40. The van der Waals surface area contributed by atoms with Crippen molar-refractivity contribution in [2.24, 2.45) is 39.5 Å². The maximum absolute atomic E-state index is 12.0. The van der Waals surface area contributed by atoms with Gasteiger partial charge in [0.05, 0.1) is 12.1 Å². The molecule has 4 aliphatic carbocycles. The van der Waals surface area contributed by atoms with Crippen LogP contribution in [0.3, 0.4) is 0 Å². The van der Waals surface area contributed by atoms with Crippen molar-refractivity contribution in [1.82, 2.24) is 5.32 Å². The van der Waals surface area contributed by atoms with Gasteiger partial charge in [0.1, 0.15) is 11.6 Å². The summed E-state index contributed by atoms with van der Waals surface area (Å²) in [6.07, 6.45) is 14.7. The summed E-state index contributed by atoms with van der Waals surface area (Å²) in [5, 5.41) is 26.6. The van der Waals surface area contributed by atoms with Gasteiger partial charge in [0.15, 0.2) is 6.61 Å².